The summed E-state index contributed by atoms with van der Waals surface area (Å²) in [7, 11) is 0. The van der Waals surface area contributed by atoms with Gasteiger partial charge in [-0.15, -0.1) is 6.42 Å². The van der Waals surface area contributed by atoms with Gasteiger partial charge in [-0.25, -0.2) is 4.98 Å². The first-order chi connectivity index (χ1) is 17.3. The number of hydrogen-bond donors (Lipinski definition) is 4. The molecule has 1 aliphatic carbocycles. The van der Waals surface area contributed by atoms with Gasteiger partial charge in [0.25, 0.3) is 11.5 Å². The zero-order valence-corrected chi connectivity index (χ0v) is 19.4. The van der Waals surface area contributed by atoms with Crippen molar-refractivity contribution in [1.82, 2.24) is 15.3 Å². The Morgan fingerprint density at radius 2 is 2.08 bits per heavy atom. The lowest BCUT2D eigenvalue weighted by Gasteiger charge is -2.30. The van der Waals surface area contributed by atoms with Crippen molar-refractivity contribution in [1.29, 1.82) is 0 Å². The number of nitrogen functional groups attached to an aromatic ring is 1. The summed E-state index contributed by atoms with van der Waals surface area (Å²) in [5.41, 5.74) is 9.12. The van der Waals surface area contributed by atoms with Crippen molar-refractivity contribution in [2.45, 2.75) is 37.8 Å². The maximum absolute atomic E-state index is 12.6. The Labute approximate surface area is 206 Å². The molecule has 1 aromatic heterocycles. The minimum absolute atomic E-state index is 0.0132. The van der Waals surface area contributed by atoms with Gasteiger partial charge in [0.1, 0.15) is 6.29 Å². The number of carbonyl (C=O) groups excluding carboxylic acids is 2. The summed E-state index contributed by atoms with van der Waals surface area (Å²) >= 11 is 0. The summed E-state index contributed by atoms with van der Waals surface area (Å²) in [5.74, 6) is 1.24. The van der Waals surface area contributed by atoms with Crippen LogP contribution in [0.4, 0.5) is 11.6 Å². The number of fused-ring (bicyclic) bond motifs is 2. The van der Waals surface area contributed by atoms with Crippen LogP contribution in [0, 0.1) is 12.3 Å². The lowest BCUT2D eigenvalue weighted by atomic mass is 10.0. The molecule has 0 bridgehead atoms. The summed E-state index contributed by atoms with van der Waals surface area (Å²) in [6.45, 7) is 0.312. The molecule has 0 saturated heterocycles. The van der Waals surface area contributed by atoms with Gasteiger partial charge in [-0.1, -0.05) is 5.92 Å². The molecule has 0 saturated carbocycles. The SMILES string of the molecule is C#CCN(c1ccc(C(=O)N[C@H](C=O)CCC(=O)O)cc1)C1CCc2cc3nc(N)[nH]c(=O)c3cc21. The first-order valence-electron chi connectivity index (χ1n) is 11.4. The molecule has 10 nitrogen and oxygen atoms in total. The molecule has 36 heavy (non-hydrogen) atoms. The highest BCUT2D eigenvalue weighted by molar-refractivity contribution is 5.96. The molecule has 0 fully saturated rings. The van der Waals surface area contributed by atoms with E-state index in [1.807, 2.05) is 17.0 Å². The number of carboxylic acid groups (broad SMARTS) is 1. The van der Waals surface area contributed by atoms with Gasteiger partial charge in [0.05, 0.1) is 29.5 Å². The number of aliphatic carboxylic acids is 1. The van der Waals surface area contributed by atoms with Crippen LogP contribution < -0.4 is 21.5 Å². The molecule has 0 aliphatic heterocycles. The predicted molar refractivity (Wildman–Crippen MR) is 135 cm³/mol. The third-order valence-corrected chi connectivity index (χ3v) is 6.28. The highest BCUT2D eigenvalue weighted by Gasteiger charge is 2.29. The van der Waals surface area contributed by atoms with Crippen molar-refractivity contribution >= 4 is 40.7 Å². The lowest BCUT2D eigenvalue weighted by Crippen LogP contribution is -2.36. The maximum atomic E-state index is 12.6. The molecular weight excluding hydrogens is 462 g/mol. The summed E-state index contributed by atoms with van der Waals surface area (Å²) in [4.78, 5) is 55.7. The normalized spacial score (nSPS) is 15.0. The number of rotatable bonds is 9. The smallest absolute Gasteiger partial charge is 0.303 e. The van der Waals surface area contributed by atoms with Crippen LogP contribution in [0.15, 0.2) is 41.2 Å². The number of carboxylic acids is 1. The number of nitrogens with two attached hydrogens (primary N) is 1. The van der Waals surface area contributed by atoms with Crippen molar-refractivity contribution in [2.24, 2.45) is 0 Å². The van der Waals surface area contributed by atoms with Crippen molar-refractivity contribution in [3.8, 4) is 12.3 Å². The van der Waals surface area contributed by atoms with E-state index >= 15 is 0 Å². The van der Waals surface area contributed by atoms with Crippen LogP contribution in [0.1, 0.15) is 46.8 Å². The predicted octanol–water partition coefficient (Wildman–Crippen LogP) is 1.79. The Bertz CT molecular complexity index is 1420. The fourth-order valence-corrected chi connectivity index (χ4v) is 4.55. The molecule has 4 rings (SSSR count). The van der Waals surface area contributed by atoms with E-state index < -0.39 is 17.9 Å². The van der Waals surface area contributed by atoms with Crippen molar-refractivity contribution < 1.29 is 19.5 Å². The number of anilines is 2. The fraction of sp³-hybridized carbons (Fsp3) is 0.269. The van der Waals surface area contributed by atoms with Gasteiger partial charge in [0.15, 0.2) is 0 Å². The number of H-pyrrole nitrogens is 1. The number of nitrogens with one attached hydrogen (secondary N) is 2. The Balaban J connectivity index is 1.57. The van der Waals surface area contributed by atoms with Gasteiger partial charge < -0.3 is 25.9 Å². The van der Waals surface area contributed by atoms with Crippen LogP contribution in [-0.4, -0.2) is 45.8 Å². The topological polar surface area (TPSA) is 158 Å². The van der Waals surface area contributed by atoms with E-state index in [0.717, 1.165) is 29.7 Å². The number of aldehydes is 1. The molecule has 0 spiro atoms. The molecule has 0 radical (unpaired) electrons. The van der Waals surface area contributed by atoms with Gasteiger partial charge in [0, 0.05) is 17.7 Å². The summed E-state index contributed by atoms with van der Waals surface area (Å²) in [6.07, 6.45) is 7.56. The molecule has 184 valence electrons. The van der Waals surface area contributed by atoms with Gasteiger partial charge in [-0.05, 0) is 66.8 Å². The van der Waals surface area contributed by atoms with Crippen LogP contribution in [0.25, 0.3) is 10.9 Å². The first kappa shape index (κ1) is 24.5. The number of aromatic nitrogens is 2. The van der Waals surface area contributed by atoms with E-state index in [4.69, 9.17) is 17.3 Å². The van der Waals surface area contributed by atoms with Crippen LogP contribution in [0.3, 0.4) is 0 Å². The van der Waals surface area contributed by atoms with E-state index in [0.29, 0.717) is 29.3 Å². The van der Waals surface area contributed by atoms with Gasteiger partial charge >= 0.3 is 5.97 Å². The van der Waals surface area contributed by atoms with E-state index in [1.54, 1.807) is 24.3 Å². The monoisotopic (exact) mass is 487 g/mol. The number of amides is 1. The first-order valence-corrected chi connectivity index (χ1v) is 11.4. The highest BCUT2D eigenvalue weighted by Crippen LogP contribution is 2.39. The quantitative estimate of drug-likeness (QED) is 0.263. The van der Waals surface area contributed by atoms with Crippen LogP contribution >= 0.6 is 0 Å². The van der Waals surface area contributed by atoms with E-state index in [9.17, 15) is 19.2 Å². The van der Waals surface area contributed by atoms with E-state index in [-0.39, 0.29) is 30.4 Å². The van der Waals surface area contributed by atoms with Crippen LogP contribution in [-0.2, 0) is 16.0 Å². The summed E-state index contributed by atoms with van der Waals surface area (Å²) in [6, 6.07) is 9.57. The number of nitrogens with zero attached hydrogens (tertiary/aromatic N) is 2. The second-order valence-corrected chi connectivity index (χ2v) is 8.60. The zero-order valence-electron chi connectivity index (χ0n) is 19.4. The highest BCUT2D eigenvalue weighted by atomic mass is 16.4. The van der Waals surface area contributed by atoms with Gasteiger partial charge in [0.2, 0.25) is 5.95 Å². The third-order valence-electron chi connectivity index (χ3n) is 6.28. The minimum Gasteiger partial charge on any atom is -0.481 e. The van der Waals surface area contributed by atoms with Gasteiger partial charge in [-0.2, -0.15) is 0 Å². The Kier molecular flexibility index (Phi) is 7.01. The Morgan fingerprint density at radius 1 is 1.33 bits per heavy atom. The number of aryl methyl sites for hydroxylation is 1. The number of hydrogen-bond acceptors (Lipinski definition) is 7. The van der Waals surface area contributed by atoms with Crippen LogP contribution in [0.2, 0.25) is 0 Å². The second-order valence-electron chi connectivity index (χ2n) is 8.60. The van der Waals surface area contributed by atoms with Crippen LogP contribution in [0.5, 0.6) is 0 Å². The second kappa shape index (κ2) is 10.3. The molecular formula is C26H25N5O5. The standard InChI is InChI=1S/C26H25N5O5/c1-2-11-31(18-7-3-15(4-8-18)24(35)28-17(14-32)6-10-23(33)34)22-9-5-16-12-21-20(13-19(16)22)25(36)30-26(27)29-21/h1,3-4,7-8,12-14,17,22H,5-6,9-11H2,(H,28,35)(H,33,34)(H3,27,29,30,36)/t17-,22?/m0/s1. The minimum atomic E-state index is -1.04. The number of terminal acetylenes is 1. The summed E-state index contributed by atoms with van der Waals surface area (Å²) < 4.78 is 0. The largest absolute Gasteiger partial charge is 0.481 e. The maximum Gasteiger partial charge on any atom is 0.303 e. The summed E-state index contributed by atoms with van der Waals surface area (Å²) in [5, 5.41) is 11.8. The number of carbonyl (C=O) groups is 3. The molecule has 2 atom stereocenters. The zero-order chi connectivity index (χ0) is 25.8. The fourth-order valence-electron chi connectivity index (χ4n) is 4.55. The van der Waals surface area contributed by atoms with E-state index in [1.165, 1.54) is 0 Å². The molecule has 1 aliphatic rings. The Hall–Kier alpha value is -4.65. The Morgan fingerprint density at radius 3 is 2.75 bits per heavy atom. The third kappa shape index (κ3) is 5.05. The number of benzene rings is 2. The number of aromatic amines is 1. The molecule has 1 amide bonds. The molecule has 1 unspecified atom stereocenters. The van der Waals surface area contributed by atoms with Crippen molar-refractivity contribution in [3.05, 3.63) is 63.4 Å². The lowest BCUT2D eigenvalue weighted by molar-refractivity contribution is -0.137. The van der Waals surface area contributed by atoms with E-state index in [2.05, 4.69) is 21.2 Å². The van der Waals surface area contributed by atoms with Gasteiger partial charge in [-0.3, -0.25) is 19.4 Å². The van der Waals surface area contributed by atoms with Crippen molar-refractivity contribution in [3.63, 3.8) is 0 Å². The molecule has 10 heteroatoms. The molecule has 1 heterocycles. The molecule has 2 aromatic carbocycles. The molecule has 3 aromatic rings. The molecule has 5 N–H and O–H groups in total. The average molecular weight is 488 g/mol. The average Bonchev–Trinajstić information content (AvgIpc) is 3.26. The van der Waals surface area contributed by atoms with Crippen molar-refractivity contribution in [2.75, 3.05) is 17.2 Å².